The van der Waals surface area contributed by atoms with E-state index in [1.165, 1.54) is 7.11 Å². The lowest BCUT2D eigenvalue weighted by atomic mass is 10.3. The van der Waals surface area contributed by atoms with Crippen LogP contribution in [0.1, 0.15) is 0 Å². The minimum Gasteiger partial charge on any atom is -0.465 e. The van der Waals surface area contributed by atoms with Crippen molar-refractivity contribution in [2.45, 2.75) is 0 Å². The van der Waals surface area contributed by atoms with E-state index >= 15 is 0 Å². The molecular weight excluding hydrogens is 232 g/mol. The number of rotatable bonds is 1. The molecule has 68 valence electrons. The highest BCUT2D eigenvalue weighted by Crippen LogP contribution is 2.42. The molecule has 7 heteroatoms. The van der Waals surface area contributed by atoms with Gasteiger partial charge in [0, 0.05) is 0 Å². The van der Waals surface area contributed by atoms with E-state index in [4.69, 9.17) is 16.9 Å². The van der Waals surface area contributed by atoms with Crippen molar-refractivity contribution < 1.29 is 9.53 Å². The Morgan fingerprint density at radius 1 is 1.77 bits per heavy atom. The normalized spacial score (nSPS) is 19.0. The number of esters is 1. The Labute approximate surface area is 87.5 Å². The van der Waals surface area contributed by atoms with E-state index in [0.29, 0.717) is 4.91 Å². The summed E-state index contributed by atoms with van der Waals surface area (Å²) in [5, 5.41) is 8.82. The van der Waals surface area contributed by atoms with Crippen LogP contribution < -0.4 is 0 Å². The SMILES string of the molecule is COC(=O)/C(C#N)=C1/SSN=C1Cl. The molecule has 0 aromatic carbocycles. The fourth-order valence-electron chi connectivity index (χ4n) is 0.600. The lowest BCUT2D eigenvalue weighted by molar-refractivity contribution is -0.135. The van der Waals surface area contributed by atoms with Crippen LogP contribution in [0.2, 0.25) is 0 Å². The first-order valence-corrected chi connectivity index (χ1v) is 5.49. The third-order valence-electron chi connectivity index (χ3n) is 1.15. The molecular formula is C6H3ClN2O2S2. The standard InChI is InChI=1S/C6H3ClN2O2S2/c1-11-6(10)3(2-8)4-5(7)9-13-12-4/h1H3/b4-3+. The van der Waals surface area contributed by atoms with Crippen molar-refractivity contribution in [3.8, 4) is 6.07 Å². The second kappa shape index (κ2) is 4.56. The molecule has 0 aliphatic carbocycles. The van der Waals surface area contributed by atoms with Crippen molar-refractivity contribution >= 4 is 44.5 Å². The molecule has 1 heterocycles. The fourth-order valence-corrected chi connectivity index (χ4v) is 2.87. The molecule has 1 aliphatic heterocycles. The summed E-state index contributed by atoms with van der Waals surface area (Å²) in [6.07, 6.45) is 0. The van der Waals surface area contributed by atoms with Gasteiger partial charge in [0.05, 0.1) is 23.0 Å². The molecule has 0 atom stereocenters. The molecule has 0 aromatic rings. The first kappa shape index (κ1) is 10.4. The first-order valence-electron chi connectivity index (χ1n) is 3.01. The molecule has 0 unspecified atom stereocenters. The average Bonchev–Trinajstić information content (AvgIpc) is 2.53. The quantitative estimate of drug-likeness (QED) is 0.228. The third kappa shape index (κ3) is 2.18. The van der Waals surface area contributed by atoms with Crippen LogP contribution in [-0.4, -0.2) is 18.2 Å². The minimum absolute atomic E-state index is 0.105. The van der Waals surface area contributed by atoms with E-state index in [-0.39, 0.29) is 10.7 Å². The summed E-state index contributed by atoms with van der Waals surface area (Å²) in [5.41, 5.74) is -0.105. The van der Waals surface area contributed by atoms with Crippen LogP contribution in [0.5, 0.6) is 0 Å². The lowest BCUT2D eigenvalue weighted by Crippen LogP contribution is -2.06. The van der Waals surface area contributed by atoms with E-state index in [9.17, 15) is 4.79 Å². The van der Waals surface area contributed by atoms with Gasteiger partial charge in [0.2, 0.25) is 0 Å². The van der Waals surface area contributed by atoms with Gasteiger partial charge in [-0.25, -0.2) is 4.79 Å². The Hall–Kier alpha value is -0.640. The topological polar surface area (TPSA) is 62.5 Å². The van der Waals surface area contributed by atoms with E-state index in [2.05, 4.69) is 9.13 Å². The van der Waals surface area contributed by atoms with Gasteiger partial charge in [-0.15, -0.1) is 0 Å². The molecule has 0 N–H and O–H groups in total. The van der Waals surface area contributed by atoms with Gasteiger partial charge in [-0.3, -0.25) is 0 Å². The summed E-state index contributed by atoms with van der Waals surface area (Å²) >= 11 is 5.64. The van der Waals surface area contributed by atoms with Crippen molar-refractivity contribution in [3.05, 3.63) is 10.5 Å². The minimum atomic E-state index is -0.694. The van der Waals surface area contributed by atoms with E-state index in [1.54, 1.807) is 6.07 Å². The number of nitriles is 1. The summed E-state index contributed by atoms with van der Waals surface area (Å²) < 4.78 is 8.16. The number of nitrogens with zero attached hydrogens (tertiary/aromatic N) is 2. The molecule has 0 radical (unpaired) electrons. The molecule has 0 spiro atoms. The van der Waals surface area contributed by atoms with Gasteiger partial charge in [0.25, 0.3) is 0 Å². The van der Waals surface area contributed by atoms with Crippen molar-refractivity contribution in [2.75, 3.05) is 7.11 Å². The summed E-state index contributed by atoms with van der Waals surface area (Å²) in [5.74, 6) is -0.694. The Bertz CT molecular complexity index is 345. The van der Waals surface area contributed by atoms with Crippen molar-refractivity contribution in [2.24, 2.45) is 4.40 Å². The number of carbonyl (C=O) groups excluding carboxylic acids is 1. The summed E-state index contributed by atoms with van der Waals surface area (Å²) in [4.78, 5) is 11.4. The number of methoxy groups -OCH3 is 1. The van der Waals surface area contributed by atoms with Crippen LogP contribution in [0.3, 0.4) is 0 Å². The maximum absolute atomic E-state index is 11.0. The number of hydrogen-bond acceptors (Lipinski definition) is 6. The van der Waals surface area contributed by atoms with E-state index in [0.717, 1.165) is 21.8 Å². The van der Waals surface area contributed by atoms with Gasteiger partial charge in [0.15, 0.2) is 10.7 Å². The van der Waals surface area contributed by atoms with Crippen LogP contribution >= 0.6 is 33.4 Å². The molecule has 1 aliphatic rings. The smallest absolute Gasteiger partial charge is 0.349 e. The highest BCUT2D eigenvalue weighted by atomic mass is 35.5. The number of allylic oxidation sites excluding steroid dienone is 1. The summed E-state index contributed by atoms with van der Waals surface area (Å²) in [6, 6.07) is 1.73. The average molecular weight is 235 g/mol. The predicted octanol–water partition coefficient (Wildman–Crippen LogP) is 1.88. The third-order valence-corrected chi connectivity index (χ3v) is 3.48. The molecule has 0 bridgehead atoms. The zero-order valence-electron chi connectivity index (χ0n) is 6.41. The molecule has 0 amide bonds. The van der Waals surface area contributed by atoms with Crippen molar-refractivity contribution in [1.82, 2.24) is 0 Å². The van der Waals surface area contributed by atoms with Gasteiger partial charge in [-0.05, 0) is 10.8 Å². The lowest BCUT2D eigenvalue weighted by Gasteiger charge is -1.98. The predicted molar refractivity (Wildman–Crippen MR) is 53.1 cm³/mol. The van der Waals surface area contributed by atoms with E-state index in [1.807, 2.05) is 0 Å². The second-order valence-corrected chi connectivity index (χ2v) is 4.06. The van der Waals surface area contributed by atoms with Crippen LogP contribution in [0.15, 0.2) is 14.9 Å². The van der Waals surface area contributed by atoms with Crippen molar-refractivity contribution in [1.29, 1.82) is 5.26 Å². The van der Waals surface area contributed by atoms with Crippen LogP contribution in [0.4, 0.5) is 0 Å². The van der Waals surface area contributed by atoms with Gasteiger partial charge in [-0.1, -0.05) is 11.6 Å². The Morgan fingerprint density at radius 2 is 2.46 bits per heavy atom. The highest BCUT2D eigenvalue weighted by Gasteiger charge is 2.23. The van der Waals surface area contributed by atoms with Crippen molar-refractivity contribution in [3.63, 3.8) is 0 Å². The fraction of sp³-hybridized carbons (Fsp3) is 0.167. The maximum atomic E-state index is 11.0. The molecule has 1 rings (SSSR count). The summed E-state index contributed by atoms with van der Waals surface area (Å²) in [6.45, 7) is 0. The zero-order valence-corrected chi connectivity index (χ0v) is 8.79. The van der Waals surface area contributed by atoms with Gasteiger partial charge >= 0.3 is 5.97 Å². The van der Waals surface area contributed by atoms with Crippen LogP contribution in [0.25, 0.3) is 0 Å². The van der Waals surface area contributed by atoms with Crippen LogP contribution in [0, 0.1) is 11.3 Å². The summed E-state index contributed by atoms with van der Waals surface area (Å²) in [7, 11) is 3.49. The molecule has 0 aromatic heterocycles. The largest absolute Gasteiger partial charge is 0.465 e. The maximum Gasteiger partial charge on any atom is 0.349 e. The number of halogens is 1. The molecule has 0 saturated heterocycles. The number of hydrogen-bond donors (Lipinski definition) is 0. The monoisotopic (exact) mass is 234 g/mol. The van der Waals surface area contributed by atoms with E-state index < -0.39 is 5.97 Å². The molecule has 0 fully saturated rings. The van der Waals surface area contributed by atoms with Crippen LogP contribution in [-0.2, 0) is 9.53 Å². The van der Waals surface area contributed by atoms with Gasteiger partial charge < -0.3 is 4.74 Å². The molecule has 0 saturated carbocycles. The molecule has 4 nitrogen and oxygen atoms in total. The Balaban J connectivity index is 3.07. The highest BCUT2D eigenvalue weighted by molar-refractivity contribution is 8.78. The Kier molecular flexibility index (Phi) is 3.66. The number of ether oxygens (including phenoxy) is 1. The Morgan fingerprint density at radius 3 is 2.85 bits per heavy atom. The molecule has 13 heavy (non-hydrogen) atoms. The second-order valence-electron chi connectivity index (χ2n) is 1.85. The van der Waals surface area contributed by atoms with Gasteiger partial charge in [0.1, 0.15) is 6.07 Å². The number of carbonyl (C=O) groups is 1. The zero-order chi connectivity index (χ0) is 9.84. The van der Waals surface area contributed by atoms with Gasteiger partial charge in [-0.2, -0.15) is 9.66 Å². The first-order chi connectivity index (χ1) is 6.20.